The van der Waals surface area contributed by atoms with Gasteiger partial charge in [-0.1, -0.05) is 0 Å². The molecule has 0 aromatic heterocycles. The lowest BCUT2D eigenvalue weighted by Gasteiger charge is -2.31. The Hall–Kier alpha value is -0.740. The molecule has 0 spiro atoms. The van der Waals surface area contributed by atoms with Crippen LogP contribution < -0.4 is 15.2 Å². The largest absolute Gasteiger partial charge is 0.493 e. The van der Waals surface area contributed by atoms with Crippen LogP contribution in [-0.4, -0.2) is 13.2 Å². The number of ether oxygens (including phenoxy) is 2. The molecule has 1 aromatic carbocycles. The van der Waals surface area contributed by atoms with Gasteiger partial charge in [-0.05, 0) is 54.5 Å². The van der Waals surface area contributed by atoms with Crippen molar-refractivity contribution < 1.29 is 9.47 Å². The summed E-state index contributed by atoms with van der Waals surface area (Å²) in [7, 11) is 0. The number of hydrogen-bond donors (Lipinski definition) is 1. The van der Waals surface area contributed by atoms with Crippen LogP contribution in [0.5, 0.6) is 11.5 Å². The van der Waals surface area contributed by atoms with E-state index in [-0.39, 0.29) is 5.54 Å². The van der Waals surface area contributed by atoms with Gasteiger partial charge in [0.15, 0.2) is 0 Å². The Balaban J connectivity index is 2.01. The summed E-state index contributed by atoms with van der Waals surface area (Å²) in [6, 6.07) is 0. The molecule has 1 saturated carbocycles. The van der Waals surface area contributed by atoms with Crippen molar-refractivity contribution in [1.82, 2.24) is 0 Å². The molecule has 2 aliphatic heterocycles. The molecule has 19 heavy (non-hydrogen) atoms. The van der Waals surface area contributed by atoms with Crippen molar-refractivity contribution in [3.8, 4) is 11.5 Å². The highest BCUT2D eigenvalue weighted by molar-refractivity contribution is 9.10. The minimum absolute atomic E-state index is 0.160. The van der Waals surface area contributed by atoms with E-state index in [9.17, 15) is 0 Å². The first-order valence-corrected chi connectivity index (χ1v) is 7.92. The zero-order chi connectivity index (χ0) is 13.0. The third-order valence-electron chi connectivity index (χ3n) is 4.46. The Morgan fingerprint density at radius 2 is 1.58 bits per heavy atom. The minimum atomic E-state index is -0.160. The van der Waals surface area contributed by atoms with E-state index in [1.807, 2.05) is 0 Å². The molecule has 102 valence electrons. The molecule has 2 heterocycles. The van der Waals surface area contributed by atoms with E-state index in [4.69, 9.17) is 15.2 Å². The van der Waals surface area contributed by atoms with E-state index >= 15 is 0 Å². The van der Waals surface area contributed by atoms with Gasteiger partial charge in [-0.3, -0.25) is 0 Å². The predicted octanol–water partition coefficient (Wildman–Crippen LogP) is 3.05. The molecule has 1 fully saturated rings. The molecular weight excluding hydrogens is 306 g/mol. The molecule has 0 bridgehead atoms. The van der Waals surface area contributed by atoms with Crippen molar-refractivity contribution in [2.24, 2.45) is 5.73 Å². The van der Waals surface area contributed by atoms with Crippen molar-refractivity contribution >= 4 is 15.9 Å². The number of fused-ring (bicyclic) bond motifs is 2. The normalized spacial score (nSPS) is 22.8. The SMILES string of the molecule is NC1(c2c3c(c(Br)c4c2OCCC4)OCCC3)CC1. The Bertz CT molecular complexity index is 515. The smallest absolute Gasteiger partial charge is 0.137 e. The molecular formula is C15H18BrNO2. The van der Waals surface area contributed by atoms with Crippen molar-refractivity contribution in [3.63, 3.8) is 0 Å². The van der Waals surface area contributed by atoms with Crippen LogP contribution in [0, 0.1) is 0 Å². The molecule has 0 unspecified atom stereocenters. The van der Waals surface area contributed by atoms with Crippen molar-refractivity contribution in [2.45, 2.75) is 44.1 Å². The molecule has 1 aromatic rings. The Morgan fingerprint density at radius 3 is 2.26 bits per heavy atom. The monoisotopic (exact) mass is 323 g/mol. The summed E-state index contributed by atoms with van der Waals surface area (Å²) >= 11 is 3.73. The molecule has 4 rings (SSSR count). The van der Waals surface area contributed by atoms with Crippen LogP contribution in [-0.2, 0) is 18.4 Å². The van der Waals surface area contributed by atoms with Crippen LogP contribution in [0.4, 0.5) is 0 Å². The Labute approximate surface area is 121 Å². The van der Waals surface area contributed by atoms with Gasteiger partial charge in [0.1, 0.15) is 11.5 Å². The molecule has 4 heteroatoms. The lowest BCUT2D eigenvalue weighted by molar-refractivity contribution is 0.264. The maximum absolute atomic E-state index is 6.52. The number of benzene rings is 1. The zero-order valence-electron chi connectivity index (χ0n) is 10.9. The first-order valence-electron chi connectivity index (χ1n) is 7.13. The highest BCUT2D eigenvalue weighted by atomic mass is 79.9. The van der Waals surface area contributed by atoms with E-state index in [1.165, 1.54) is 16.7 Å². The summed E-state index contributed by atoms with van der Waals surface area (Å²) in [6.07, 6.45) is 6.38. The minimum Gasteiger partial charge on any atom is -0.493 e. The predicted molar refractivity (Wildman–Crippen MR) is 76.9 cm³/mol. The van der Waals surface area contributed by atoms with Crippen LogP contribution in [0.2, 0.25) is 0 Å². The topological polar surface area (TPSA) is 44.5 Å². The van der Waals surface area contributed by atoms with Gasteiger partial charge in [0.2, 0.25) is 0 Å². The van der Waals surface area contributed by atoms with Crippen molar-refractivity contribution in [3.05, 3.63) is 21.2 Å². The molecule has 0 atom stereocenters. The summed E-state index contributed by atoms with van der Waals surface area (Å²) in [4.78, 5) is 0. The van der Waals surface area contributed by atoms with Gasteiger partial charge >= 0.3 is 0 Å². The fourth-order valence-corrected chi connectivity index (χ4v) is 4.03. The molecule has 1 aliphatic carbocycles. The van der Waals surface area contributed by atoms with Crippen LogP contribution in [0.15, 0.2) is 4.47 Å². The highest BCUT2D eigenvalue weighted by Crippen LogP contribution is 2.55. The molecule has 3 aliphatic rings. The fraction of sp³-hybridized carbons (Fsp3) is 0.600. The number of nitrogens with two attached hydrogens (primary N) is 1. The van der Waals surface area contributed by atoms with Crippen LogP contribution in [0.3, 0.4) is 0 Å². The quantitative estimate of drug-likeness (QED) is 0.863. The van der Waals surface area contributed by atoms with Gasteiger partial charge in [0.05, 0.1) is 17.7 Å². The summed E-state index contributed by atoms with van der Waals surface area (Å²) in [5.74, 6) is 2.09. The number of halogens is 1. The summed E-state index contributed by atoms with van der Waals surface area (Å²) in [5.41, 5.74) is 10.2. The van der Waals surface area contributed by atoms with Crippen LogP contribution in [0.25, 0.3) is 0 Å². The second-order valence-electron chi connectivity index (χ2n) is 5.86. The summed E-state index contributed by atoms with van der Waals surface area (Å²) < 4.78 is 13.0. The number of hydrogen-bond acceptors (Lipinski definition) is 3. The first kappa shape index (κ1) is 12.0. The van der Waals surface area contributed by atoms with Crippen LogP contribution in [0.1, 0.15) is 42.4 Å². The average molecular weight is 324 g/mol. The summed E-state index contributed by atoms with van der Waals surface area (Å²) in [5, 5.41) is 0. The Morgan fingerprint density at radius 1 is 0.947 bits per heavy atom. The first-order chi connectivity index (χ1) is 9.21. The lowest BCUT2D eigenvalue weighted by Crippen LogP contribution is -2.27. The van der Waals surface area contributed by atoms with E-state index in [1.54, 1.807) is 0 Å². The number of rotatable bonds is 1. The van der Waals surface area contributed by atoms with Crippen LogP contribution >= 0.6 is 15.9 Å². The second kappa shape index (κ2) is 4.13. The maximum atomic E-state index is 6.52. The molecule has 2 N–H and O–H groups in total. The van der Waals surface area contributed by atoms with Gasteiger partial charge in [-0.2, -0.15) is 0 Å². The molecule has 0 saturated heterocycles. The molecule has 0 amide bonds. The van der Waals surface area contributed by atoms with Crippen molar-refractivity contribution in [1.29, 1.82) is 0 Å². The Kier molecular flexibility index (Phi) is 2.61. The van der Waals surface area contributed by atoms with Gasteiger partial charge in [-0.15, -0.1) is 0 Å². The highest BCUT2D eigenvalue weighted by Gasteiger charge is 2.46. The van der Waals surface area contributed by atoms with Crippen molar-refractivity contribution in [2.75, 3.05) is 13.2 Å². The second-order valence-corrected chi connectivity index (χ2v) is 6.66. The fourth-order valence-electron chi connectivity index (χ4n) is 3.30. The third-order valence-corrected chi connectivity index (χ3v) is 5.30. The third kappa shape index (κ3) is 1.73. The lowest BCUT2D eigenvalue weighted by atomic mass is 9.88. The van der Waals surface area contributed by atoms with E-state index < -0.39 is 0 Å². The van der Waals surface area contributed by atoms with Gasteiger partial charge in [-0.25, -0.2) is 0 Å². The summed E-state index contributed by atoms with van der Waals surface area (Å²) in [6.45, 7) is 1.62. The van der Waals surface area contributed by atoms with Gasteiger partial charge in [0.25, 0.3) is 0 Å². The van der Waals surface area contributed by atoms with E-state index in [0.717, 1.165) is 67.7 Å². The average Bonchev–Trinajstić information content (AvgIpc) is 3.18. The van der Waals surface area contributed by atoms with E-state index in [0.29, 0.717) is 0 Å². The zero-order valence-corrected chi connectivity index (χ0v) is 12.5. The van der Waals surface area contributed by atoms with E-state index in [2.05, 4.69) is 15.9 Å². The molecule has 3 nitrogen and oxygen atoms in total. The van der Waals surface area contributed by atoms with Gasteiger partial charge in [0, 0.05) is 22.2 Å². The molecule has 0 radical (unpaired) electrons. The standard InChI is InChI=1S/C15H18BrNO2/c16-12-10-4-2-7-18-13(10)11(15(17)5-6-15)9-3-1-8-19-14(9)12/h1-8,17H2. The van der Waals surface area contributed by atoms with Gasteiger partial charge < -0.3 is 15.2 Å². The maximum Gasteiger partial charge on any atom is 0.137 e.